The molecule has 4 rings (SSSR count). The third kappa shape index (κ3) is 3.20. The zero-order valence-corrected chi connectivity index (χ0v) is 16.1. The van der Waals surface area contributed by atoms with Crippen LogP contribution < -0.4 is 4.90 Å². The topological polar surface area (TPSA) is 60.9 Å². The van der Waals surface area contributed by atoms with Gasteiger partial charge in [-0.25, -0.2) is 4.90 Å². The Balaban J connectivity index is 1.52. The zero-order chi connectivity index (χ0) is 19.8. The second-order valence-electron chi connectivity index (χ2n) is 7.49. The van der Waals surface area contributed by atoms with Crippen LogP contribution in [0.1, 0.15) is 23.1 Å². The van der Waals surface area contributed by atoms with Crippen LogP contribution in [0.2, 0.25) is 0 Å². The molecule has 0 saturated carbocycles. The lowest BCUT2D eigenvalue weighted by molar-refractivity contribution is -0.127. The summed E-state index contributed by atoms with van der Waals surface area (Å²) in [6, 6.07) is 14.9. The molecule has 6 nitrogen and oxygen atoms in total. The molecular formula is C22H23N3O3. The van der Waals surface area contributed by atoms with E-state index in [9.17, 15) is 14.4 Å². The highest BCUT2D eigenvalue weighted by molar-refractivity contribution is 6.23. The van der Waals surface area contributed by atoms with Crippen LogP contribution in [-0.2, 0) is 20.9 Å². The number of rotatable bonds is 4. The van der Waals surface area contributed by atoms with Crippen molar-refractivity contribution < 1.29 is 14.4 Å². The molecule has 144 valence electrons. The number of imide groups is 1. The molecule has 2 aromatic carbocycles. The Morgan fingerprint density at radius 3 is 2.25 bits per heavy atom. The first-order valence-electron chi connectivity index (χ1n) is 9.44. The highest BCUT2D eigenvalue weighted by atomic mass is 16.2. The van der Waals surface area contributed by atoms with E-state index in [2.05, 4.69) is 0 Å². The monoisotopic (exact) mass is 377 g/mol. The molecule has 2 heterocycles. The maximum absolute atomic E-state index is 13.1. The standard InChI is InChI=1S/C22H23N3O3/c1-15-7-6-8-16(2)21(15)25-19(26)11-18(22(25)28)23-13-20(27)24(14-23)12-17-9-4-3-5-10-17/h3-10,18H,11-14H2,1-2H3. The Labute approximate surface area is 164 Å². The van der Waals surface area contributed by atoms with Gasteiger partial charge in [0.15, 0.2) is 0 Å². The van der Waals surface area contributed by atoms with Crippen molar-refractivity contribution in [1.82, 2.24) is 9.80 Å². The van der Waals surface area contributed by atoms with Gasteiger partial charge in [-0.1, -0.05) is 48.5 Å². The maximum Gasteiger partial charge on any atom is 0.251 e. The van der Waals surface area contributed by atoms with E-state index in [-0.39, 0.29) is 30.7 Å². The van der Waals surface area contributed by atoms with Crippen LogP contribution in [0.3, 0.4) is 0 Å². The van der Waals surface area contributed by atoms with Crippen LogP contribution >= 0.6 is 0 Å². The lowest BCUT2D eigenvalue weighted by Crippen LogP contribution is -2.42. The number of hydrogen-bond acceptors (Lipinski definition) is 4. The van der Waals surface area contributed by atoms with E-state index in [1.807, 2.05) is 67.3 Å². The maximum atomic E-state index is 13.1. The molecule has 0 N–H and O–H groups in total. The minimum Gasteiger partial charge on any atom is -0.324 e. The van der Waals surface area contributed by atoms with E-state index in [1.165, 1.54) is 4.90 Å². The van der Waals surface area contributed by atoms with Crippen molar-refractivity contribution in [1.29, 1.82) is 0 Å². The molecule has 2 aliphatic rings. The number of carbonyl (C=O) groups excluding carboxylic acids is 3. The first-order chi connectivity index (χ1) is 13.5. The predicted octanol–water partition coefficient (Wildman–Crippen LogP) is 2.24. The number of nitrogens with zero attached hydrogens (tertiary/aromatic N) is 3. The number of aryl methyl sites for hydroxylation is 2. The van der Waals surface area contributed by atoms with Gasteiger partial charge in [0, 0.05) is 6.54 Å². The Kier molecular flexibility index (Phi) is 4.73. The molecule has 0 aromatic heterocycles. The van der Waals surface area contributed by atoms with Crippen molar-refractivity contribution in [2.75, 3.05) is 18.1 Å². The van der Waals surface area contributed by atoms with Gasteiger partial charge in [-0.05, 0) is 30.5 Å². The third-order valence-electron chi connectivity index (χ3n) is 5.49. The first-order valence-corrected chi connectivity index (χ1v) is 9.44. The van der Waals surface area contributed by atoms with E-state index in [0.29, 0.717) is 18.9 Å². The van der Waals surface area contributed by atoms with E-state index >= 15 is 0 Å². The Morgan fingerprint density at radius 2 is 1.57 bits per heavy atom. The van der Waals surface area contributed by atoms with Crippen molar-refractivity contribution in [2.24, 2.45) is 0 Å². The van der Waals surface area contributed by atoms with Crippen LogP contribution in [-0.4, -0.2) is 46.8 Å². The molecule has 1 unspecified atom stereocenters. The largest absolute Gasteiger partial charge is 0.324 e. The van der Waals surface area contributed by atoms with Gasteiger partial charge in [0.05, 0.1) is 25.3 Å². The number of anilines is 1. The molecule has 2 aromatic rings. The molecule has 1 atom stereocenters. The van der Waals surface area contributed by atoms with Crippen LogP contribution in [0, 0.1) is 13.8 Å². The number of para-hydroxylation sites is 1. The Hall–Kier alpha value is -2.99. The van der Waals surface area contributed by atoms with E-state index in [0.717, 1.165) is 16.7 Å². The van der Waals surface area contributed by atoms with Gasteiger partial charge in [-0.3, -0.25) is 19.3 Å². The number of carbonyl (C=O) groups is 3. The summed E-state index contributed by atoms with van der Waals surface area (Å²) in [5, 5.41) is 0. The van der Waals surface area contributed by atoms with Crippen molar-refractivity contribution >= 4 is 23.4 Å². The van der Waals surface area contributed by atoms with Crippen molar-refractivity contribution in [3.63, 3.8) is 0 Å². The SMILES string of the molecule is Cc1cccc(C)c1N1C(=O)CC(N2CC(=O)N(Cc3ccccc3)C2)C1=O. The van der Waals surface area contributed by atoms with Crippen LogP contribution in [0.25, 0.3) is 0 Å². The predicted molar refractivity (Wildman–Crippen MR) is 105 cm³/mol. The lowest BCUT2D eigenvalue weighted by atomic mass is 10.1. The van der Waals surface area contributed by atoms with Crippen molar-refractivity contribution in [3.05, 3.63) is 65.2 Å². The molecular weight excluding hydrogens is 354 g/mol. The quantitative estimate of drug-likeness (QED) is 0.767. The smallest absolute Gasteiger partial charge is 0.251 e. The number of hydrogen-bond donors (Lipinski definition) is 0. The van der Waals surface area contributed by atoms with Crippen molar-refractivity contribution in [3.8, 4) is 0 Å². The van der Waals surface area contributed by atoms with E-state index in [4.69, 9.17) is 0 Å². The second-order valence-corrected chi connectivity index (χ2v) is 7.49. The summed E-state index contributed by atoms with van der Waals surface area (Å²) in [6.45, 7) is 4.83. The lowest BCUT2D eigenvalue weighted by Gasteiger charge is -2.23. The summed E-state index contributed by atoms with van der Waals surface area (Å²) >= 11 is 0. The molecule has 0 aliphatic carbocycles. The van der Waals surface area contributed by atoms with Crippen LogP contribution in [0.5, 0.6) is 0 Å². The van der Waals surface area contributed by atoms with Crippen LogP contribution in [0.15, 0.2) is 48.5 Å². The number of benzene rings is 2. The average molecular weight is 377 g/mol. The van der Waals surface area contributed by atoms with Gasteiger partial charge in [0.2, 0.25) is 11.8 Å². The molecule has 2 aliphatic heterocycles. The summed E-state index contributed by atoms with van der Waals surface area (Å²) < 4.78 is 0. The first kappa shape index (κ1) is 18.4. The average Bonchev–Trinajstić information content (AvgIpc) is 3.16. The summed E-state index contributed by atoms with van der Waals surface area (Å²) in [4.78, 5) is 43.1. The third-order valence-corrected chi connectivity index (χ3v) is 5.49. The minimum absolute atomic E-state index is 0.0189. The summed E-state index contributed by atoms with van der Waals surface area (Å²) in [5.74, 6) is -0.465. The van der Waals surface area contributed by atoms with Gasteiger partial charge >= 0.3 is 0 Å². The molecule has 2 fully saturated rings. The fourth-order valence-electron chi connectivity index (χ4n) is 4.07. The molecule has 3 amide bonds. The van der Waals surface area contributed by atoms with Gasteiger partial charge in [0.25, 0.3) is 5.91 Å². The summed E-state index contributed by atoms with van der Waals surface area (Å²) in [7, 11) is 0. The molecule has 6 heteroatoms. The normalized spacial score (nSPS) is 20.5. The van der Waals surface area contributed by atoms with Gasteiger partial charge in [0.1, 0.15) is 6.04 Å². The fraction of sp³-hybridized carbons (Fsp3) is 0.318. The summed E-state index contributed by atoms with van der Waals surface area (Å²) in [6.07, 6.45) is 0.110. The summed E-state index contributed by atoms with van der Waals surface area (Å²) in [5.41, 5.74) is 3.51. The van der Waals surface area contributed by atoms with Crippen molar-refractivity contribution in [2.45, 2.75) is 32.9 Å². The zero-order valence-electron chi connectivity index (χ0n) is 16.1. The Bertz CT molecular complexity index is 921. The Morgan fingerprint density at radius 1 is 0.893 bits per heavy atom. The molecule has 0 radical (unpaired) electrons. The second kappa shape index (κ2) is 7.20. The molecule has 28 heavy (non-hydrogen) atoms. The molecule has 0 bridgehead atoms. The highest BCUT2D eigenvalue weighted by Crippen LogP contribution is 2.32. The highest BCUT2D eigenvalue weighted by Gasteiger charge is 2.46. The van der Waals surface area contributed by atoms with Gasteiger partial charge < -0.3 is 4.90 Å². The molecule has 0 spiro atoms. The van der Waals surface area contributed by atoms with E-state index < -0.39 is 6.04 Å². The van der Waals surface area contributed by atoms with Crippen LogP contribution in [0.4, 0.5) is 5.69 Å². The van der Waals surface area contributed by atoms with Gasteiger partial charge in [-0.2, -0.15) is 0 Å². The minimum atomic E-state index is -0.587. The van der Waals surface area contributed by atoms with E-state index in [1.54, 1.807) is 4.90 Å². The molecule has 2 saturated heterocycles. The number of amides is 3. The van der Waals surface area contributed by atoms with Gasteiger partial charge in [-0.15, -0.1) is 0 Å². The fourth-order valence-corrected chi connectivity index (χ4v) is 4.07.